The topological polar surface area (TPSA) is 63.6 Å². The molecule has 0 radical (unpaired) electrons. The van der Waals surface area contributed by atoms with Crippen molar-refractivity contribution in [3.8, 4) is 0 Å². The van der Waals surface area contributed by atoms with Crippen LogP contribution in [0.2, 0.25) is 0 Å². The Morgan fingerprint density at radius 3 is 2.00 bits per heavy atom. The second kappa shape index (κ2) is 11.9. The Kier molecular flexibility index (Phi) is 13.1. The Morgan fingerprint density at radius 1 is 1.21 bits per heavy atom. The van der Waals surface area contributed by atoms with Gasteiger partial charge >= 0.3 is 11.9 Å². The smallest absolute Gasteiger partial charge is 0.303 e. The van der Waals surface area contributed by atoms with Crippen LogP contribution in [0, 0.1) is 0 Å². The van der Waals surface area contributed by atoms with Gasteiger partial charge in [0, 0.05) is 13.3 Å². The SMILES string of the molecule is CCC(=O)O.CCCCCOC(C)=O. The van der Waals surface area contributed by atoms with Crippen LogP contribution >= 0.6 is 0 Å². The van der Waals surface area contributed by atoms with Crippen LogP contribution in [0.3, 0.4) is 0 Å². The lowest BCUT2D eigenvalue weighted by Gasteiger charge is -1.98. The van der Waals surface area contributed by atoms with E-state index in [1.54, 1.807) is 6.92 Å². The minimum absolute atomic E-state index is 0.175. The summed E-state index contributed by atoms with van der Waals surface area (Å²) in [6, 6.07) is 0. The Morgan fingerprint density at radius 2 is 1.71 bits per heavy atom. The van der Waals surface area contributed by atoms with E-state index < -0.39 is 5.97 Å². The van der Waals surface area contributed by atoms with Crippen LogP contribution in [0.1, 0.15) is 46.5 Å². The zero-order valence-corrected chi connectivity index (χ0v) is 9.21. The van der Waals surface area contributed by atoms with E-state index in [1.165, 1.54) is 13.3 Å². The molecule has 0 saturated heterocycles. The van der Waals surface area contributed by atoms with Crippen molar-refractivity contribution in [2.24, 2.45) is 0 Å². The summed E-state index contributed by atoms with van der Waals surface area (Å²) in [5.41, 5.74) is 0. The lowest BCUT2D eigenvalue weighted by atomic mass is 10.3. The first-order valence-electron chi connectivity index (χ1n) is 4.89. The van der Waals surface area contributed by atoms with E-state index in [0.29, 0.717) is 6.61 Å². The molecular weight excluding hydrogens is 184 g/mol. The van der Waals surface area contributed by atoms with Gasteiger partial charge in [-0.3, -0.25) is 9.59 Å². The van der Waals surface area contributed by atoms with Crippen molar-refractivity contribution >= 4 is 11.9 Å². The lowest BCUT2D eigenvalue weighted by molar-refractivity contribution is -0.141. The Bertz CT molecular complexity index is 154. The Balaban J connectivity index is 0. The number of ether oxygens (including phenoxy) is 1. The molecule has 0 fully saturated rings. The second-order valence-electron chi connectivity index (χ2n) is 2.79. The molecule has 0 aliphatic rings. The van der Waals surface area contributed by atoms with Gasteiger partial charge in [0.25, 0.3) is 0 Å². The maximum absolute atomic E-state index is 10.2. The maximum Gasteiger partial charge on any atom is 0.303 e. The summed E-state index contributed by atoms with van der Waals surface area (Å²) >= 11 is 0. The van der Waals surface area contributed by atoms with E-state index in [0.717, 1.165) is 12.8 Å². The second-order valence-corrected chi connectivity index (χ2v) is 2.79. The van der Waals surface area contributed by atoms with Crippen molar-refractivity contribution in [2.45, 2.75) is 46.5 Å². The van der Waals surface area contributed by atoms with Gasteiger partial charge in [-0.15, -0.1) is 0 Å². The number of hydrogen-bond donors (Lipinski definition) is 1. The van der Waals surface area contributed by atoms with Crippen molar-refractivity contribution in [1.29, 1.82) is 0 Å². The average Bonchev–Trinajstić information content (AvgIpc) is 2.13. The summed E-state index contributed by atoms with van der Waals surface area (Å²) in [5.74, 6) is -0.920. The normalized spacial score (nSPS) is 8.50. The number of aliphatic carboxylic acids is 1. The fourth-order valence-electron chi connectivity index (χ4n) is 0.568. The quantitative estimate of drug-likeness (QED) is 0.551. The molecule has 4 nitrogen and oxygen atoms in total. The zero-order chi connectivity index (χ0) is 11.4. The van der Waals surface area contributed by atoms with E-state index in [-0.39, 0.29) is 12.4 Å². The molecule has 0 atom stereocenters. The monoisotopic (exact) mass is 204 g/mol. The molecule has 0 aliphatic carbocycles. The molecule has 0 aromatic heterocycles. The predicted molar refractivity (Wildman–Crippen MR) is 54.1 cm³/mol. The van der Waals surface area contributed by atoms with Crippen molar-refractivity contribution in [3.63, 3.8) is 0 Å². The van der Waals surface area contributed by atoms with Crippen molar-refractivity contribution in [3.05, 3.63) is 0 Å². The van der Waals surface area contributed by atoms with Gasteiger partial charge in [0.05, 0.1) is 6.61 Å². The van der Waals surface area contributed by atoms with Crippen molar-refractivity contribution in [2.75, 3.05) is 6.61 Å². The number of esters is 1. The average molecular weight is 204 g/mol. The van der Waals surface area contributed by atoms with Gasteiger partial charge in [0.1, 0.15) is 0 Å². The molecule has 0 saturated carbocycles. The molecule has 0 bridgehead atoms. The van der Waals surface area contributed by atoms with Gasteiger partial charge in [-0.25, -0.2) is 0 Å². The summed E-state index contributed by atoms with van der Waals surface area (Å²) in [5, 5.41) is 7.72. The summed E-state index contributed by atoms with van der Waals surface area (Å²) in [6.07, 6.45) is 3.53. The third-order valence-electron chi connectivity index (χ3n) is 1.36. The number of carbonyl (C=O) groups excluding carboxylic acids is 1. The zero-order valence-electron chi connectivity index (χ0n) is 9.21. The number of carboxylic acid groups (broad SMARTS) is 1. The highest BCUT2D eigenvalue weighted by Crippen LogP contribution is 1.93. The lowest BCUT2D eigenvalue weighted by Crippen LogP contribution is -1.99. The third-order valence-corrected chi connectivity index (χ3v) is 1.36. The van der Waals surface area contributed by atoms with Gasteiger partial charge in [0.2, 0.25) is 0 Å². The van der Waals surface area contributed by atoms with Crippen molar-refractivity contribution < 1.29 is 19.4 Å². The number of hydrogen-bond acceptors (Lipinski definition) is 3. The van der Waals surface area contributed by atoms with Gasteiger partial charge in [-0.1, -0.05) is 26.7 Å². The van der Waals surface area contributed by atoms with Crippen LogP contribution in [0.25, 0.3) is 0 Å². The molecule has 0 unspecified atom stereocenters. The van der Waals surface area contributed by atoms with Crippen LogP contribution in [0.5, 0.6) is 0 Å². The van der Waals surface area contributed by atoms with Crippen LogP contribution in [-0.2, 0) is 14.3 Å². The number of unbranched alkanes of at least 4 members (excludes halogenated alkanes) is 2. The standard InChI is InChI=1S/C7H14O2.C3H6O2/c1-3-4-5-6-9-7(2)8;1-2-3(4)5/h3-6H2,1-2H3;2H2,1H3,(H,4,5). The summed E-state index contributed by atoms with van der Waals surface area (Å²) in [4.78, 5) is 19.6. The highest BCUT2D eigenvalue weighted by atomic mass is 16.5. The molecule has 14 heavy (non-hydrogen) atoms. The van der Waals surface area contributed by atoms with E-state index in [4.69, 9.17) is 9.84 Å². The molecule has 0 aliphatic heterocycles. The van der Waals surface area contributed by atoms with E-state index in [9.17, 15) is 9.59 Å². The molecule has 1 N–H and O–H groups in total. The fourth-order valence-corrected chi connectivity index (χ4v) is 0.568. The molecule has 0 aromatic rings. The molecule has 0 heterocycles. The molecule has 0 aromatic carbocycles. The summed E-state index contributed by atoms with van der Waals surface area (Å²) in [6.45, 7) is 5.74. The van der Waals surface area contributed by atoms with Gasteiger partial charge in [-0.2, -0.15) is 0 Å². The third kappa shape index (κ3) is 22.4. The van der Waals surface area contributed by atoms with Gasteiger partial charge < -0.3 is 9.84 Å². The minimum atomic E-state index is -0.745. The fraction of sp³-hybridized carbons (Fsp3) is 0.800. The highest BCUT2D eigenvalue weighted by Gasteiger charge is 1.89. The van der Waals surface area contributed by atoms with Crippen LogP contribution in [0.4, 0.5) is 0 Å². The molecule has 0 amide bonds. The molecule has 84 valence electrons. The van der Waals surface area contributed by atoms with Crippen molar-refractivity contribution in [1.82, 2.24) is 0 Å². The van der Waals surface area contributed by atoms with E-state index in [2.05, 4.69) is 6.92 Å². The predicted octanol–water partition coefficient (Wildman–Crippen LogP) is 2.22. The Hall–Kier alpha value is -1.06. The first kappa shape index (κ1) is 15.4. The number of carboxylic acids is 1. The number of carbonyl (C=O) groups is 2. The first-order valence-corrected chi connectivity index (χ1v) is 4.89. The van der Waals surface area contributed by atoms with Crippen LogP contribution in [-0.4, -0.2) is 23.7 Å². The first-order chi connectivity index (χ1) is 6.54. The Labute approximate surface area is 85.3 Å². The molecule has 0 spiro atoms. The van der Waals surface area contributed by atoms with Gasteiger partial charge in [-0.05, 0) is 6.42 Å². The highest BCUT2D eigenvalue weighted by molar-refractivity contribution is 5.66. The van der Waals surface area contributed by atoms with Gasteiger partial charge in [0.15, 0.2) is 0 Å². The van der Waals surface area contributed by atoms with E-state index in [1.807, 2.05) is 0 Å². The molecule has 0 rings (SSSR count). The summed E-state index contributed by atoms with van der Waals surface area (Å²) in [7, 11) is 0. The molecular formula is C10H20O4. The maximum atomic E-state index is 10.2. The largest absolute Gasteiger partial charge is 0.481 e. The van der Waals surface area contributed by atoms with Crippen LogP contribution in [0.15, 0.2) is 0 Å². The minimum Gasteiger partial charge on any atom is -0.481 e. The van der Waals surface area contributed by atoms with Crippen LogP contribution < -0.4 is 0 Å². The number of rotatable bonds is 5. The molecule has 4 heteroatoms. The van der Waals surface area contributed by atoms with E-state index >= 15 is 0 Å². The summed E-state index contributed by atoms with van der Waals surface area (Å²) < 4.78 is 4.70.